The first kappa shape index (κ1) is 14.9. The lowest BCUT2D eigenvalue weighted by molar-refractivity contribution is 0.348. The van der Waals surface area contributed by atoms with E-state index in [0.29, 0.717) is 18.8 Å². The van der Waals surface area contributed by atoms with E-state index in [1.165, 1.54) is 24.4 Å². The molecule has 1 aliphatic heterocycles. The van der Waals surface area contributed by atoms with E-state index in [2.05, 4.69) is 9.71 Å². The van der Waals surface area contributed by atoms with Gasteiger partial charge in [0.15, 0.2) is 0 Å². The predicted molar refractivity (Wildman–Crippen MR) is 78.6 cm³/mol. The maximum absolute atomic E-state index is 13.7. The average molecular weight is 322 g/mol. The quantitative estimate of drug-likeness (QED) is 0.937. The number of rotatable bonds is 4. The topological polar surface area (TPSA) is 68.3 Å². The standard InChI is InChI=1S/C15H15FN2O3S/c1-10(14-12(16)5-3-8-17-14)18-22(19,20)13-6-2-4-11-7-9-21-15(11)13/h2-6,8,10,18H,7,9H2,1H3. The number of nitrogens with one attached hydrogen (secondary N) is 1. The Morgan fingerprint density at radius 2 is 2.14 bits per heavy atom. The lowest BCUT2D eigenvalue weighted by Crippen LogP contribution is -2.28. The van der Waals surface area contributed by atoms with Crippen molar-refractivity contribution in [2.75, 3.05) is 6.61 Å². The van der Waals surface area contributed by atoms with Crippen LogP contribution in [0.15, 0.2) is 41.4 Å². The van der Waals surface area contributed by atoms with Crippen LogP contribution in [0, 0.1) is 5.82 Å². The van der Waals surface area contributed by atoms with Crippen molar-refractivity contribution in [2.24, 2.45) is 0 Å². The summed E-state index contributed by atoms with van der Waals surface area (Å²) in [4.78, 5) is 3.97. The third-order valence-electron chi connectivity index (χ3n) is 3.50. The molecule has 3 rings (SSSR count). The fourth-order valence-electron chi connectivity index (χ4n) is 2.47. The van der Waals surface area contributed by atoms with E-state index in [9.17, 15) is 12.8 Å². The van der Waals surface area contributed by atoms with Gasteiger partial charge in [0.25, 0.3) is 0 Å². The summed E-state index contributed by atoms with van der Waals surface area (Å²) in [6.07, 6.45) is 2.11. The Labute approximate surface area is 128 Å². The van der Waals surface area contributed by atoms with Crippen molar-refractivity contribution in [3.05, 3.63) is 53.6 Å². The highest BCUT2D eigenvalue weighted by molar-refractivity contribution is 7.89. The summed E-state index contributed by atoms with van der Waals surface area (Å²) < 4.78 is 46.7. The molecule has 0 saturated carbocycles. The van der Waals surface area contributed by atoms with Crippen LogP contribution in [-0.4, -0.2) is 20.0 Å². The Morgan fingerprint density at radius 1 is 1.32 bits per heavy atom. The van der Waals surface area contributed by atoms with Crippen molar-refractivity contribution in [1.29, 1.82) is 0 Å². The molecule has 0 saturated heterocycles. The zero-order chi connectivity index (χ0) is 15.7. The van der Waals surface area contributed by atoms with Gasteiger partial charge in [-0.2, -0.15) is 0 Å². The summed E-state index contributed by atoms with van der Waals surface area (Å²) >= 11 is 0. The van der Waals surface area contributed by atoms with Crippen molar-refractivity contribution < 1.29 is 17.5 Å². The Hall–Kier alpha value is -1.99. The molecule has 1 aromatic heterocycles. The first-order valence-electron chi connectivity index (χ1n) is 6.86. The third kappa shape index (κ3) is 2.69. The normalized spacial score (nSPS) is 15.2. The Balaban J connectivity index is 1.92. The van der Waals surface area contributed by atoms with E-state index in [1.807, 2.05) is 6.07 Å². The third-order valence-corrected chi connectivity index (χ3v) is 5.06. The van der Waals surface area contributed by atoms with Gasteiger partial charge >= 0.3 is 0 Å². The summed E-state index contributed by atoms with van der Waals surface area (Å²) in [5.74, 6) is -0.170. The van der Waals surface area contributed by atoms with Crippen LogP contribution in [0.25, 0.3) is 0 Å². The van der Waals surface area contributed by atoms with Gasteiger partial charge in [0.2, 0.25) is 10.0 Å². The number of ether oxygens (including phenoxy) is 1. The number of nitrogens with zero attached hydrogens (tertiary/aromatic N) is 1. The molecule has 1 N–H and O–H groups in total. The Kier molecular flexibility index (Phi) is 3.84. The Morgan fingerprint density at radius 3 is 2.91 bits per heavy atom. The number of pyridine rings is 1. The van der Waals surface area contributed by atoms with E-state index >= 15 is 0 Å². The van der Waals surface area contributed by atoms with Gasteiger partial charge in [-0.25, -0.2) is 17.5 Å². The van der Waals surface area contributed by atoms with E-state index in [-0.39, 0.29) is 10.6 Å². The minimum atomic E-state index is -3.83. The van der Waals surface area contributed by atoms with Gasteiger partial charge in [0.05, 0.1) is 18.3 Å². The molecular formula is C15H15FN2O3S. The lowest BCUT2D eigenvalue weighted by atomic mass is 10.2. The van der Waals surface area contributed by atoms with E-state index in [4.69, 9.17) is 4.74 Å². The van der Waals surface area contributed by atoms with Gasteiger partial charge in [-0.3, -0.25) is 4.98 Å². The molecule has 1 unspecified atom stereocenters. The van der Waals surface area contributed by atoms with Gasteiger partial charge in [-0.1, -0.05) is 12.1 Å². The van der Waals surface area contributed by atoms with Crippen LogP contribution in [0.2, 0.25) is 0 Å². The molecule has 22 heavy (non-hydrogen) atoms. The fraction of sp³-hybridized carbons (Fsp3) is 0.267. The van der Waals surface area contributed by atoms with Crippen molar-refractivity contribution >= 4 is 10.0 Å². The van der Waals surface area contributed by atoms with Crippen LogP contribution in [-0.2, 0) is 16.4 Å². The first-order chi connectivity index (χ1) is 10.5. The van der Waals surface area contributed by atoms with Crippen LogP contribution >= 0.6 is 0 Å². The zero-order valence-corrected chi connectivity index (χ0v) is 12.7. The van der Waals surface area contributed by atoms with Crippen LogP contribution in [0.3, 0.4) is 0 Å². The lowest BCUT2D eigenvalue weighted by Gasteiger charge is -2.15. The highest BCUT2D eigenvalue weighted by Crippen LogP contribution is 2.33. The summed E-state index contributed by atoms with van der Waals surface area (Å²) in [5.41, 5.74) is 0.916. The molecule has 7 heteroatoms. The van der Waals surface area contributed by atoms with Gasteiger partial charge in [-0.15, -0.1) is 0 Å². The number of aromatic nitrogens is 1. The maximum Gasteiger partial charge on any atom is 0.244 e. The van der Waals surface area contributed by atoms with E-state index < -0.39 is 21.9 Å². The van der Waals surface area contributed by atoms with Gasteiger partial charge in [0, 0.05) is 12.6 Å². The van der Waals surface area contributed by atoms with Crippen LogP contribution in [0.4, 0.5) is 4.39 Å². The number of hydrogen-bond donors (Lipinski definition) is 1. The maximum atomic E-state index is 13.7. The molecule has 0 amide bonds. The first-order valence-corrected chi connectivity index (χ1v) is 8.35. The monoisotopic (exact) mass is 322 g/mol. The number of hydrogen-bond acceptors (Lipinski definition) is 4. The second-order valence-electron chi connectivity index (χ2n) is 5.06. The molecule has 0 aliphatic carbocycles. The van der Waals surface area contributed by atoms with Crippen molar-refractivity contribution in [1.82, 2.24) is 9.71 Å². The van der Waals surface area contributed by atoms with Crippen LogP contribution < -0.4 is 9.46 Å². The van der Waals surface area contributed by atoms with Gasteiger partial charge in [0.1, 0.15) is 16.5 Å². The summed E-state index contributed by atoms with van der Waals surface area (Å²) in [7, 11) is -3.83. The van der Waals surface area contributed by atoms with Crippen LogP contribution in [0.1, 0.15) is 24.2 Å². The number of benzene rings is 1. The molecule has 0 bridgehead atoms. The number of para-hydroxylation sites is 1. The molecule has 0 spiro atoms. The number of halogens is 1. The van der Waals surface area contributed by atoms with Crippen molar-refractivity contribution in [2.45, 2.75) is 24.3 Å². The van der Waals surface area contributed by atoms with E-state index in [1.54, 1.807) is 13.0 Å². The molecule has 1 aromatic carbocycles. The smallest absolute Gasteiger partial charge is 0.244 e. The minimum absolute atomic E-state index is 0.0552. The van der Waals surface area contributed by atoms with Crippen molar-refractivity contribution in [3.8, 4) is 5.75 Å². The number of fused-ring (bicyclic) bond motifs is 1. The molecule has 0 radical (unpaired) electrons. The van der Waals surface area contributed by atoms with Crippen LogP contribution in [0.5, 0.6) is 5.75 Å². The summed E-state index contributed by atoms with van der Waals surface area (Å²) in [5, 5.41) is 0. The van der Waals surface area contributed by atoms with Crippen molar-refractivity contribution in [3.63, 3.8) is 0 Å². The molecule has 0 fully saturated rings. The molecular weight excluding hydrogens is 307 g/mol. The zero-order valence-electron chi connectivity index (χ0n) is 11.9. The highest BCUT2D eigenvalue weighted by Gasteiger charge is 2.27. The molecule has 1 atom stereocenters. The summed E-state index contributed by atoms with van der Waals surface area (Å²) in [6, 6.07) is 6.91. The second kappa shape index (κ2) is 5.66. The second-order valence-corrected chi connectivity index (χ2v) is 6.74. The SMILES string of the molecule is CC(NS(=O)(=O)c1cccc2c1OCC2)c1ncccc1F. The Bertz CT molecular complexity index is 808. The molecule has 1 aliphatic rings. The van der Waals surface area contributed by atoms with Gasteiger partial charge in [-0.05, 0) is 30.7 Å². The fourth-order valence-corrected chi connectivity index (χ4v) is 3.86. The molecule has 2 heterocycles. The van der Waals surface area contributed by atoms with E-state index in [0.717, 1.165) is 5.56 Å². The molecule has 116 valence electrons. The highest BCUT2D eigenvalue weighted by atomic mass is 32.2. The predicted octanol–water partition coefficient (Wildman–Crippen LogP) is 2.20. The summed E-state index contributed by atoms with van der Waals surface area (Å²) in [6.45, 7) is 2.01. The minimum Gasteiger partial charge on any atom is -0.492 e. The largest absolute Gasteiger partial charge is 0.492 e. The number of sulfonamides is 1. The molecule has 5 nitrogen and oxygen atoms in total. The van der Waals surface area contributed by atoms with Gasteiger partial charge < -0.3 is 4.74 Å². The molecule has 2 aromatic rings. The average Bonchev–Trinajstić information content (AvgIpc) is 2.95.